The van der Waals surface area contributed by atoms with Crippen LogP contribution in [0.15, 0.2) is 18.5 Å². The number of aliphatic hydroxyl groups excluding tert-OH is 1. The third-order valence-corrected chi connectivity index (χ3v) is 3.69. The van der Waals surface area contributed by atoms with Crippen molar-refractivity contribution in [2.24, 2.45) is 0 Å². The van der Waals surface area contributed by atoms with E-state index in [4.69, 9.17) is 0 Å². The molecular weight excluding hydrogens is 242 g/mol. The number of aliphatic hydroxyl groups is 1. The standard InChI is InChI=1S/C14H21N3O2/c1-15-13-10-16-7-6-12(13)14(19)17(8-9-18)11-4-2-3-5-11/h6-7,10-11,15,18H,2-5,8-9H2,1H3. The van der Waals surface area contributed by atoms with Crippen molar-refractivity contribution in [2.45, 2.75) is 31.7 Å². The van der Waals surface area contributed by atoms with E-state index in [2.05, 4.69) is 10.3 Å². The molecule has 1 aliphatic carbocycles. The molecule has 19 heavy (non-hydrogen) atoms. The van der Waals surface area contributed by atoms with Crippen molar-refractivity contribution in [1.82, 2.24) is 9.88 Å². The normalized spacial score (nSPS) is 15.5. The average Bonchev–Trinajstić information content (AvgIpc) is 2.98. The zero-order chi connectivity index (χ0) is 13.7. The van der Waals surface area contributed by atoms with E-state index >= 15 is 0 Å². The van der Waals surface area contributed by atoms with Gasteiger partial charge in [0.25, 0.3) is 5.91 Å². The highest BCUT2D eigenvalue weighted by Gasteiger charge is 2.28. The molecule has 0 aliphatic heterocycles. The second-order valence-corrected chi connectivity index (χ2v) is 4.83. The van der Waals surface area contributed by atoms with Crippen LogP contribution in [-0.4, -0.2) is 47.1 Å². The Morgan fingerprint density at radius 1 is 1.53 bits per heavy atom. The predicted molar refractivity (Wildman–Crippen MR) is 74.2 cm³/mol. The number of anilines is 1. The molecule has 0 atom stereocenters. The number of carbonyl (C=O) groups is 1. The largest absolute Gasteiger partial charge is 0.395 e. The van der Waals surface area contributed by atoms with E-state index in [9.17, 15) is 9.90 Å². The first-order valence-corrected chi connectivity index (χ1v) is 6.81. The molecule has 2 N–H and O–H groups in total. The summed E-state index contributed by atoms with van der Waals surface area (Å²) in [4.78, 5) is 18.5. The maximum atomic E-state index is 12.6. The lowest BCUT2D eigenvalue weighted by molar-refractivity contribution is 0.0639. The molecule has 1 amide bonds. The molecule has 5 nitrogen and oxygen atoms in total. The molecule has 1 fully saturated rings. The van der Waals surface area contributed by atoms with Gasteiger partial charge >= 0.3 is 0 Å². The highest BCUT2D eigenvalue weighted by Crippen LogP contribution is 2.26. The number of nitrogens with zero attached hydrogens (tertiary/aromatic N) is 2. The SMILES string of the molecule is CNc1cnccc1C(=O)N(CCO)C1CCCC1. The molecular formula is C14H21N3O2. The van der Waals surface area contributed by atoms with Gasteiger partial charge < -0.3 is 15.3 Å². The van der Waals surface area contributed by atoms with Gasteiger partial charge in [-0.2, -0.15) is 0 Å². The first kappa shape index (κ1) is 13.8. The molecule has 0 unspecified atom stereocenters. The zero-order valence-electron chi connectivity index (χ0n) is 11.3. The fourth-order valence-corrected chi connectivity index (χ4v) is 2.71. The van der Waals surface area contributed by atoms with Gasteiger partial charge in [-0.05, 0) is 18.9 Å². The Morgan fingerprint density at radius 2 is 2.26 bits per heavy atom. The minimum atomic E-state index is -0.0206. The molecule has 0 saturated heterocycles. The molecule has 1 saturated carbocycles. The van der Waals surface area contributed by atoms with Crippen LogP contribution < -0.4 is 5.32 Å². The summed E-state index contributed by atoms with van der Waals surface area (Å²) in [6, 6.07) is 1.99. The number of rotatable bonds is 5. The van der Waals surface area contributed by atoms with Gasteiger partial charge in [-0.15, -0.1) is 0 Å². The summed E-state index contributed by atoms with van der Waals surface area (Å²) in [5.41, 5.74) is 1.35. The maximum absolute atomic E-state index is 12.6. The predicted octanol–water partition coefficient (Wildman–Crippen LogP) is 1.50. The van der Waals surface area contributed by atoms with Gasteiger partial charge in [0, 0.05) is 25.8 Å². The highest BCUT2D eigenvalue weighted by molar-refractivity contribution is 5.99. The molecule has 5 heteroatoms. The van der Waals surface area contributed by atoms with Gasteiger partial charge in [-0.25, -0.2) is 0 Å². The summed E-state index contributed by atoms with van der Waals surface area (Å²) in [6.45, 7) is 0.400. The molecule has 0 spiro atoms. The minimum absolute atomic E-state index is 0.00219. The summed E-state index contributed by atoms with van der Waals surface area (Å²) < 4.78 is 0. The van der Waals surface area contributed by atoms with Crippen molar-refractivity contribution < 1.29 is 9.90 Å². The van der Waals surface area contributed by atoms with Crippen LogP contribution in [0, 0.1) is 0 Å². The lowest BCUT2D eigenvalue weighted by atomic mass is 10.1. The van der Waals surface area contributed by atoms with Crippen molar-refractivity contribution >= 4 is 11.6 Å². The fraction of sp³-hybridized carbons (Fsp3) is 0.571. The van der Waals surface area contributed by atoms with Crippen molar-refractivity contribution in [3.63, 3.8) is 0 Å². The van der Waals surface area contributed by atoms with Gasteiger partial charge in [0.05, 0.1) is 24.1 Å². The quantitative estimate of drug-likeness (QED) is 0.845. The van der Waals surface area contributed by atoms with Crippen molar-refractivity contribution in [1.29, 1.82) is 0 Å². The zero-order valence-corrected chi connectivity index (χ0v) is 11.3. The Kier molecular flexibility index (Phi) is 4.74. The van der Waals surface area contributed by atoms with Gasteiger partial charge in [-0.1, -0.05) is 12.8 Å². The van der Waals surface area contributed by atoms with E-state index in [1.165, 1.54) is 0 Å². The number of hydrogen-bond acceptors (Lipinski definition) is 4. The first-order valence-electron chi connectivity index (χ1n) is 6.81. The van der Waals surface area contributed by atoms with E-state index in [1.807, 2.05) is 4.90 Å². The molecule has 1 heterocycles. The molecule has 1 aromatic rings. The number of hydrogen-bond donors (Lipinski definition) is 2. The second-order valence-electron chi connectivity index (χ2n) is 4.83. The Bertz CT molecular complexity index is 430. The molecule has 1 aliphatic rings. The summed E-state index contributed by atoms with van der Waals surface area (Å²) in [5.74, 6) is -0.0206. The Balaban J connectivity index is 2.22. The van der Waals surface area contributed by atoms with E-state index in [0.717, 1.165) is 31.4 Å². The van der Waals surface area contributed by atoms with Crippen LogP contribution in [0.5, 0.6) is 0 Å². The van der Waals surface area contributed by atoms with Crippen molar-refractivity contribution in [3.8, 4) is 0 Å². The number of carbonyl (C=O) groups excluding carboxylic acids is 1. The first-order chi connectivity index (χ1) is 9.27. The van der Waals surface area contributed by atoms with Crippen LogP contribution in [-0.2, 0) is 0 Å². The summed E-state index contributed by atoms with van der Waals surface area (Å²) >= 11 is 0. The topological polar surface area (TPSA) is 65.5 Å². The van der Waals surface area contributed by atoms with E-state index in [1.54, 1.807) is 25.5 Å². The van der Waals surface area contributed by atoms with Gasteiger partial charge in [-0.3, -0.25) is 9.78 Å². The van der Waals surface area contributed by atoms with Crippen molar-refractivity contribution in [3.05, 3.63) is 24.0 Å². The smallest absolute Gasteiger partial charge is 0.256 e. The number of nitrogens with one attached hydrogen (secondary N) is 1. The summed E-state index contributed by atoms with van der Waals surface area (Å²) in [7, 11) is 1.78. The Hall–Kier alpha value is -1.62. The number of pyridine rings is 1. The molecule has 0 radical (unpaired) electrons. The molecule has 2 rings (SSSR count). The molecule has 0 aromatic carbocycles. The van der Waals surface area contributed by atoms with Crippen LogP contribution in [0.25, 0.3) is 0 Å². The third kappa shape index (κ3) is 3.04. The lowest BCUT2D eigenvalue weighted by Crippen LogP contribution is -2.41. The summed E-state index contributed by atoms with van der Waals surface area (Å²) in [5, 5.41) is 12.2. The van der Waals surface area contributed by atoms with Gasteiger partial charge in [0.15, 0.2) is 0 Å². The summed E-state index contributed by atoms with van der Waals surface area (Å²) in [6.07, 6.45) is 7.67. The molecule has 0 bridgehead atoms. The number of amides is 1. The van der Waals surface area contributed by atoms with Crippen molar-refractivity contribution in [2.75, 3.05) is 25.5 Å². The molecule has 1 aromatic heterocycles. The Labute approximate surface area is 113 Å². The lowest BCUT2D eigenvalue weighted by Gasteiger charge is -2.29. The second kappa shape index (κ2) is 6.52. The van der Waals surface area contributed by atoms with Crippen LogP contribution >= 0.6 is 0 Å². The maximum Gasteiger partial charge on any atom is 0.256 e. The van der Waals surface area contributed by atoms with Gasteiger partial charge in [0.2, 0.25) is 0 Å². The van der Waals surface area contributed by atoms with Crippen LogP contribution in [0.1, 0.15) is 36.0 Å². The fourth-order valence-electron chi connectivity index (χ4n) is 2.71. The average molecular weight is 263 g/mol. The van der Waals surface area contributed by atoms with E-state index < -0.39 is 0 Å². The molecule has 104 valence electrons. The monoisotopic (exact) mass is 263 g/mol. The van der Waals surface area contributed by atoms with Crippen LogP contribution in [0.4, 0.5) is 5.69 Å². The van der Waals surface area contributed by atoms with E-state index in [0.29, 0.717) is 12.1 Å². The van der Waals surface area contributed by atoms with Crippen LogP contribution in [0.3, 0.4) is 0 Å². The van der Waals surface area contributed by atoms with Gasteiger partial charge in [0.1, 0.15) is 0 Å². The minimum Gasteiger partial charge on any atom is -0.395 e. The van der Waals surface area contributed by atoms with Crippen LogP contribution in [0.2, 0.25) is 0 Å². The number of aromatic nitrogens is 1. The van der Waals surface area contributed by atoms with E-state index in [-0.39, 0.29) is 18.6 Å². The highest BCUT2D eigenvalue weighted by atomic mass is 16.3. The third-order valence-electron chi connectivity index (χ3n) is 3.69. The Morgan fingerprint density at radius 3 is 2.89 bits per heavy atom.